The zero-order valence-corrected chi connectivity index (χ0v) is 12.2. The number of piperidine rings is 1. The third kappa shape index (κ3) is 3.68. The minimum absolute atomic E-state index is 0.0199. The van der Waals surface area contributed by atoms with Crippen molar-refractivity contribution in [3.8, 4) is 0 Å². The molecule has 0 aliphatic carbocycles. The topological polar surface area (TPSA) is 77.3 Å². The van der Waals surface area contributed by atoms with Gasteiger partial charge in [0, 0.05) is 19.1 Å². The second-order valence-electron chi connectivity index (χ2n) is 5.03. The van der Waals surface area contributed by atoms with Crippen LogP contribution in [0.5, 0.6) is 0 Å². The lowest BCUT2D eigenvalue weighted by Gasteiger charge is -2.35. The van der Waals surface area contributed by atoms with E-state index in [-0.39, 0.29) is 17.6 Å². The Kier molecular flexibility index (Phi) is 5.08. The summed E-state index contributed by atoms with van der Waals surface area (Å²) in [4.78, 5) is 25.0. The molecular weight excluding hydrogens is 272 g/mol. The Bertz CT molecular complexity index is 526. The first-order valence-corrected chi connectivity index (χ1v) is 7.07. The van der Waals surface area contributed by atoms with E-state index in [0.717, 1.165) is 32.2 Å². The fraction of sp³-hybridized carbons (Fsp3) is 0.571. The third-order valence-corrected chi connectivity index (χ3v) is 3.71. The van der Waals surface area contributed by atoms with Crippen molar-refractivity contribution in [3.05, 3.63) is 24.5 Å². The maximum Gasteiger partial charge on any atom is 0.360 e. The average Bonchev–Trinajstić information content (AvgIpc) is 3.00. The van der Waals surface area contributed by atoms with E-state index < -0.39 is 5.97 Å². The fourth-order valence-electron chi connectivity index (χ4n) is 2.60. The number of rotatable bonds is 5. The fourth-order valence-corrected chi connectivity index (χ4v) is 2.60. The molecule has 0 aromatic carbocycles. The number of methoxy groups -OCH3 is 1. The molecule has 1 fully saturated rings. The van der Waals surface area contributed by atoms with Crippen molar-refractivity contribution in [2.24, 2.45) is 0 Å². The predicted molar refractivity (Wildman–Crippen MR) is 75.5 cm³/mol. The summed E-state index contributed by atoms with van der Waals surface area (Å²) in [7, 11) is 1.31. The molecule has 1 aromatic rings. The van der Waals surface area contributed by atoms with Gasteiger partial charge in [-0.1, -0.05) is 11.8 Å². The molecule has 7 nitrogen and oxygen atoms in total. The number of ether oxygens (including phenoxy) is 1. The summed E-state index contributed by atoms with van der Waals surface area (Å²) in [6.45, 7) is 4.94. The molecule has 1 atom stereocenters. The van der Waals surface area contributed by atoms with Crippen molar-refractivity contribution in [1.82, 2.24) is 19.9 Å². The van der Waals surface area contributed by atoms with Gasteiger partial charge < -0.3 is 9.64 Å². The Morgan fingerprint density at radius 2 is 2.33 bits per heavy atom. The van der Waals surface area contributed by atoms with Gasteiger partial charge in [0.05, 0.1) is 13.3 Å². The molecule has 7 heteroatoms. The van der Waals surface area contributed by atoms with E-state index in [9.17, 15) is 9.59 Å². The molecule has 1 amide bonds. The van der Waals surface area contributed by atoms with Gasteiger partial charge >= 0.3 is 5.97 Å². The summed E-state index contributed by atoms with van der Waals surface area (Å²) in [5.41, 5.74) is 0.195. The highest BCUT2D eigenvalue weighted by molar-refractivity contribution is 5.87. The van der Waals surface area contributed by atoms with E-state index in [2.05, 4.69) is 21.6 Å². The van der Waals surface area contributed by atoms with Crippen LogP contribution in [-0.4, -0.2) is 51.5 Å². The molecule has 1 saturated heterocycles. The van der Waals surface area contributed by atoms with Crippen molar-refractivity contribution in [3.63, 3.8) is 0 Å². The predicted octanol–water partition coefficient (Wildman–Crippen LogP) is 1.02. The van der Waals surface area contributed by atoms with E-state index in [1.807, 2.05) is 4.90 Å². The maximum atomic E-state index is 11.8. The largest absolute Gasteiger partial charge is 0.464 e. The Hall–Kier alpha value is -2.18. The number of nitrogens with zero attached hydrogens (tertiary/aromatic N) is 4. The number of likely N-dealkylation sites (tertiary alicyclic amines) is 1. The summed E-state index contributed by atoms with van der Waals surface area (Å²) in [6.07, 6.45) is 6.85. The Labute approximate surface area is 123 Å². The Morgan fingerprint density at radius 1 is 1.52 bits per heavy atom. The van der Waals surface area contributed by atoms with Crippen LogP contribution in [0.2, 0.25) is 0 Å². The highest BCUT2D eigenvalue weighted by Crippen LogP contribution is 2.20. The molecule has 0 N–H and O–H groups in total. The lowest BCUT2D eigenvalue weighted by Crippen LogP contribution is -2.43. The average molecular weight is 292 g/mol. The van der Waals surface area contributed by atoms with Crippen LogP contribution in [0.15, 0.2) is 18.9 Å². The van der Waals surface area contributed by atoms with Gasteiger partial charge in [0.25, 0.3) is 0 Å². The number of hydrogen-bond acceptors (Lipinski definition) is 5. The zero-order valence-electron chi connectivity index (χ0n) is 12.2. The molecule has 1 aliphatic heterocycles. The monoisotopic (exact) mass is 292 g/mol. The SMILES string of the molecule is C=CC(=O)N1CCCCC1CCn1cc(C(=O)OC)nn1. The van der Waals surface area contributed by atoms with Crippen molar-refractivity contribution < 1.29 is 14.3 Å². The van der Waals surface area contributed by atoms with Gasteiger partial charge in [0.1, 0.15) is 0 Å². The molecule has 114 valence electrons. The highest BCUT2D eigenvalue weighted by atomic mass is 16.5. The number of esters is 1. The van der Waals surface area contributed by atoms with Crippen molar-refractivity contribution in [2.45, 2.75) is 38.3 Å². The first-order valence-electron chi connectivity index (χ1n) is 7.07. The summed E-state index contributed by atoms with van der Waals surface area (Å²) in [5, 5.41) is 7.66. The Morgan fingerprint density at radius 3 is 3.05 bits per heavy atom. The lowest BCUT2D eigenvalue weighted by atomic mass is 9.99. The molecule has 1 unspecified atom stereocenters. The van der Waals surface area contributed by atoms with E-state index in [4.69, 9.17) is 0 Å². The summed E-state index contributed by atoms with van der Waals surface area (Å²) in [6, 6.07) is 0.190. The Balaban J connectivity index is 1.94. The maximum absolute atomic E-state index is 11.8. The molecule has 0 radical (unpaired) electrons. The first-order chi connectivity index (χ1) is 10.2. The lowest BCUT2D eigenvalue weighted by molar-refractivity contribution is -0.129. The number of amides is 1. The smallest absolute Gasteiger partial charge is 0.360 e. The van der Waals surface area contributed by atoms with Gasteiger partial charge in [-0.05, 0) is 31.8 Å². The first kappa shape index (κ1) is 15.2. The molecule has 0 spiro atoms. The summed E-state index contributed by atoms with van der Waals surface area (Å²) >= 11 is 0. The van der Waals surface area contributed by atoms with Crippen LogP contribution in [0.25, 0.3) is 0 Å². The molecule has 0 saturated carbocycles. The van der Waals surface area contributed by atoms with E-state index in [1.54, 1.807) is 10.9 Å². The van der Waals surface area contributed by atoms with Crippen LogP contribution >= 0.6 is 0 Å². The minimum atomic E-state index is -0.498. The number of carbonyl (C=O) groups is 2. The van der Waals surface area contributed by atoms with Gasteiger partial charge in [0.15, 0.2) is 5.69 Å². The highest BCUT2D eigenvalue weighted by Gasteiger charge is 2.25. The molecule has 2 rings (SSSR count). The zero-order chi connectivity index (χ0) is 15.2. The number of hydrogen-bond donors (Lipinski definition) is 0. The number of carbonyl (C=O) groups excluding carboxylic acids is 2. The van der Waals surface area contributed by atoms with Crippen LogP contribution in [-0.2, 0) is 16.1 Å². The van der Waals surface area contributed by atoms with Crippen LogP contribution in [0.1, 0.15) is 36.2 Å². The second-order valence-corrected chi connectivity index (χ2v) is 5.03. The van der Waals surface area contributed by atoms with Gasteiger partial charge in [-0.2, -0.15) is 0 Å². The molecule has 0 bridgehead atoms. The van der Waals surface area contributed by atoms with Crippen LogP contribution < -0.4 is 0 Å². The minimum Gasteiger partial charge on any atom is -0.464 e. The van der Waals surface area contributed by atoms with E-state index in [1.165, 1.54) is 13.2 Å². The molecule has 1 aliphatic rings. The number of aromatic nitrogens is 3. The van der Waals surface area contributed by atoms with Crippen LogP contribution in [0.3, 0.4) is 0 Å². The van der Waals surface area contributed by atoms with Crippen LogP contribution in [0.4, 0.5) is 0 Å². The van der Waals surface area contributed by atoms with Gasteiger partial charge in [0.2, 0.25) is 5.91 Å². The van der Waals surface area contributed by atoms with Gasteiger partial charge in [-0.3, -0.25) is 9.48 Å². The van der Waals surface area contributed by atoms with E-state index in [0.29, 0.717) is 6.54 Å². The second kappa shape index (κ2) is 7.01. The number of aryl methyl sites for hydroxylation is 1. The molecule has 2 heterocycles. The molecule has 1 aromatic heterocycles. The van der Waals surface area contributed by atoms with Crippen molar-refractivity contribution >= 4 is 11.9 Å². The van der Waals surface area contributed by atoms with Crippen molar-refractivity contribution in [2.75, 3.05) is 13.7 Å². The van der Waals surface area contributed by atoms with Gasteiger partial charge in [-0.15, -0.1) is 5.10 Å². The van der Waals surface area contributed by atoms with E-state index >= 15 is 0 Å². The quantitative estimate of drug-likeness (QED) is 0.598. The van der Waals surface area contributed by atoms with Gasteiger partial charge in [-0.25, -0.2) is 4.79 Å². The molecule has 21 heavy (non-hydrogen) atoms. The summed E-state index contributed by atoms with van der Waals surface area (Å²) < 4.78 is 6.20. The third-order valence-electron chi connectivity index (χ3n) is 3.71. The normalized spacial score (nSPS) is 18.3. The summed E-state index contributed by atoms with van der Waals surface area (Å²) in [5.74, 6) is -0.518. The van der Waals surface area contributed by atoms with Crippen molar-refractivity contribution in [1.29, 1.82) is 0 Å². The molecular formula is C14H20N4O3. The van der Waals surface area contributed by atoms with Crippen LogP contribution in [0, 0.1) is 0 Å². The standard InChI is InChI=1S/C14H20N4O3/c1-3-13(19)18-8-5-4-6-11(18)7-9-17-10-12(15-16-17)14(20)21-2/h3,10-11H,1,4-9H2,2H3.